The molecule has 3 rings (SSSR count). The molecule has 0 bridgehead atoms. The molecule has 9 heteroatoms. The summed E-state index contributed by atoms with van der Waals surface area (Å²) in [6.07, 6.45) is 2.66. The zero-order chi connectivity index (χ0) is 26.3. The first-order valence-corrected chi connectivity index (χ1v) is 14.5. The van der Waals surface area contributed by atoms with Crippen molar-refractivity contribution < 1.29 is 14.7 Å². The predicted molar refractivity (Wildman–Crippen MR) is 144 cm³/mol. The highest BCUT2D eigenvalue weighted by atomic mass is 32.2. The van der Waals surface area contributed by atoms with E-state index in [1.807, 2.05) is 0 Å². The normalized spacial score (nSPS) is 17.9. The number of aromatic hydroxyl groups is 1. The Balaban J connectivity index is 2.17. The molecule has 1 N–H and O–H groups in total. The molecular weight excluding hydrogens is 517 g/mol. The van der Waals surface area contributed by atoms with Gasteiger partial charge in [0.1, 0.15) is 29.0 Å². The van der Waals surface area contributed by atoms with Crippen molar-refractivity contribution in [3.63, 3.8) is 0 Å². The van der Waals surface area contributed by atoms with E-state index in [1.165, 1.54) is 47.0 Å². The topological polar surface area (TPSA) is 102 Å². The van der Waals surface area contributed by atoms with Gasteiger partial charge in [0.15, 0.2) is 11.6 Å². The van der Waals surface area contributed by atoms with Gasteiger partial charge in [0.25, 0.3) is 0 Å². The van der Waals surface area contributed by atoms with Crippen molar-refractivity contribution in [2.24, 2.45) is 10.8 Å². The first-order chi connectivity index (χ1) is 16.3. The van der Waals surface area contributed by atoms with E-state index in [1.54, 1.807) is 41.5 Å². The first kappa shape index (κ1) is 27.8. The lowest BCUT2D eigenvalue weighted by atomic mass is 9.87. The fourth-order valence-electron chi connectivity index (χ4n) is 3.43. The van der Waals surface area contributed by atoms with Crippen molar-refractivity contribution in [1.82, 2.24) is 0 Å². The molecule has 0 aromatic heterocycles. The molecule has 1 aromatic carbocycles. The van der Waals surface area contributed by atoms with Gasteiger partial charge in [-0.1, -0.05) is 102 Å². The van der Waals surface area contributed by atoms with E-state index in [9.17, 15) is 25.2 Å². The Morgan fingerprint density at radius 3 is 1.46 bits per heavy atom. The number of hydrogen-bond acceptors (Lipinski definition) is 9. The lowest BCUT2D eigenvalue weighted by Crippen LogP contribution is -2.21. The minimum atomic E-state index is -0.693. The number of fused-ring (bicyclic) bond motifs is 2. The number of allylic oxidation sites excluding steroid dienone is 2. The van der Waals surface area contributed by atoms with Crippen molar-refractivity contribution in [3.8, 4) is 17.9 Å². The summed E-state index contributed by atoms with van der Waals surface area (Å²) in [5, 5.41) is 30.9. The Labute approximate surface area is 224 Å². The van der Waals surface area contributed by atoms with Gasteiger partial charge in [0.05, 0.1) is 18.3 Å². The molecule has 184 valence electrons. The van der Waals surface area contributed by atoms with Gasteiger partial charge in [-0.3, -0.25) is 9.59 Å². The summed E-state index contributed by atoms with van der Waals surface area (Å²) in [6.45, 7) is 12.8. The molecule has 0 amide bonds. The van der Waals surface area contributed by atoms with Gasteiger partial charge >= 0.3 is 0 Å². The number of nitrogens with zero attached hydrogens (tertiary/aromatic N) is 2. The molecule has 2 aliphatic heterocycles. The molecule has 1 aromatic rings. The van der Waals surface area contributed by atoms with Crippen molar-refractivity contribution in [2.45, 2.75) is 87.3 Å². The average Bonchev–Trinajstić information content (AvgIpc) is 3.39. The molecule has 0 saturated carbocycles. The molecule has 35 heavy (non-hydrogen) atoms. The Morgan fingerprint density at radius 2 is 1.14 bits per heavy atom. The second-order valence-corrected chi connectivity index (χ2v) is 15.0. The van der Waals surface area contributed by atoms with Gasteiger partial charge in [-0.15, -0.1) is 0 Å². The van der Waals surface area contributed by atoms with Crippen LogP contribution in [-0.4, -0.2) is 16.7 Å². The van der Waals surface area contributed by atoms with Crippen molar-refractivity contribution in [2.75, 3.05) is 0 Å². The van der Waals surface area contributed by atoms with Crippen LogP contribution in [0.3, 0.4) is 0 Å². The van der Waals surface area contributed by atoms with E-state index < -0.39 is 10.8 Å². The summed E-state index contributed by atoms with van der Waals surface area (Å²) in [4.78, 5) is 28.9. The molecule has 0 aliphatic carbocycles. The van der Waals surface area contributed by atoms with Crippen LogP contribution in [0.25, 0.3) is 0 Å². The smallest absolute Gasteiger partial charge is 0.180 e. The summed E-state index contributed by atoms with van der Waals surface area (Å²) >= 11 is 5.25. The molecule has 0 atom stereocenters. The zero-order valence-electron chi connectivity index (χ0n) is 20.9. The van der Waals surface area contributed by atoms with Crippen LogP contribution < -0.4 is 0 Å². The van der Waals surface area contributed by atoms with Crippen LogP contribution in [0.5, 0.6) is 5.75 Å². The molecule has 0 unspecified atom stereocenters. The Hall–Kier alpha value is -1.78. The number of hydrogen-bond donors (Lipinski definition) is 1. The third kappa shape index (κ3) is 5.34. The lowest BCUT2D eigenvalue weighted by Gasteiger charge is -2.16. The van der Waals surface area contributed by atoms with E-state index in [4.69, 9.17) is 0 Å². The molecule has 2 heterocycles. The summed E-state index contributed by atoms with van der Waals surface area (Å²) in [7, 11) is 0. The number of carbonyl (C=O) groups is 2. The number of benzene rings is 1. The number of phenols is 1. The fraction of sp³-hybridized carbons (Fsp3) is 0.462. The third-order valence-electron chi connectivity index (χ3n) is 5.40. The summed E-state index contributed by atoms with van der Waals surface area (Å²) in [5.41, 5.74) is -0.111. The Morgan fingerprint density at radius 1 is 0.771 bits per heavy atom. The number of Topliss-reactive ketones (excluding diaryl/α,β-unsaturated/α-hetero) is 2. The van der Waals surface area contributed by atoms with Gasteiger partial charge in [-0.25, -0.2) is 0 Å². The van der Waals surface area contributed by atoms with E-state index in [2.05, 4.69) is 19.1 Å². The largest absolute Gasteiger partial charge is 0.505 e. The van der Waals surface area contributed by atoms with Gasteiger partial charge in [0.2, 0.25) is 0 Å². The minimum absolute atomic E-state index is 0.0799. The zero-order valence-corrected chi connectivity index (χ0v) is 24.2. The Bertz CT molecular complexity index is 1170. The highest BCUT2D eigenvalue weighted by molar-refractivity contribution is 8.25. The third-order valence-corrected chi connectivity index (χ3v) is 10.7. The molecular formula is C26H28N2O3S4. The number of rotatable bonds is 5. The number of unbranched alkanes of at least 4 members (excludes halogenated alkanes) is 1. The number of phenolic OH excluding ortho intramolecular Hbond substituents is 1. The molecule has 0 saturated heterocycles. The van der Waals surface area contributed by atoms with Crippen molar-refractivity contribution >= 4 is 58.6 Å². The number of nitriles is 2. The van der Waals surface area contributed by atoms with Gasteiger partial charge < -0.3 is 5.11 Å². The molecule has 0 fully saturated rings. The van der Waals surface area contributed by atoms with Crippen LogP contribution >= 0.6 is 47.0 Å². The average molecular weight is 545 g/mol. The van der Waals surface area contributed by atoms with Crippen LogP contribution in [-0.2, 0) is 16.0 Å². The molecule has 0 radical (unpaired) electrons. The fourth-order valence-corrected chi connectivity index (χ4v) is 8.95. The highest BCUT2D eigenvalue weighted by Gasteiger charge is 2.39. The molecule has 0 spiro atoms. The standard InChI is InChI=1S/C26H28N2O3S4/c1-8-9-10-13-17-19(34-23(32-17)14(11-27)21(30)25(2,3)4)16(29)20-18(13)33-24(35-20)15(12-28)22(31)26(5,6)7/h29H,8-10H2,1-7H3/b23-14-,24-15+. The van der Waals surface area contributed by atoms with Gasteiger partial charge in [0, 0.05) is 20.6 Å². The second kappa shape index (κ2) is 10.3. The van der Waals surface area contributed by atoms with Crippen LogP contribution in [0, 0.1) is 33.5 Å². The number of thioether (sulfide) groups is 4. The second-order valence-electron chi connectivity index (χ2n) is 10.4. The van der Waals surface area contributed by atoms with E-state index in [0.29, 0.717) is 18.3 Å². The maximum absolute atomic E-state index is 12.9. The Kier molecular flexibility index (Phi) is 8.18. The van der Waals surface area contributed by atoms with Gasteiger partial charge in [-0.05, 0) is 18.4 Å². The van der Waals surface area contributed by atoms with Crippen LogP contribution in [0.15, 0.2) is 39.2 Å². The quantitative estimate of drug-likeness (QED) is 0.293. The van der Waals surface area contributed by atoms with Crippen molar-refractivity contribution in [3.05, 3.63) is 25.2 Å². The molecule has 2 aliphatic rings. The van der Waals surface area contributed by atoms with Gasteiger partial charge in [-0.2, -0.15) is 10.5 Å². The monoisotopic (exact) mass is 544 g/mol. The SMILES string of the molecule is CCCCc1c2c(c(O)c3c1S/C(=C(/C#N)C(=O)C(C)(C)C)S3)S/C(=C(/C#N)C(=O)C(C)(C)C)S2. The highest BCUT2D eigenvalue weighted by Crippen LogP contribution is 2.66. The maximum Gasteiger partial charge on any atom is 0.180 e. The number of carbonyl (C=O) groups excluding carboxylic acids is 2. The summed E-state index contributed by atoms with van der Waals surface area (Å²) < 4.78 is 1.18. The number of ketones is 2. The van der Waals surface area contributed by atoms with E-state index in [0.717, 1.165) is 34.6 Å². The lowest BCUT2D eigenvalue weighted by molar-refractivity contribution is -0.122. The van der Waals surface area contributed by atoms with Crippen LogP contribution in [0.4, 0.5) is 0 Å². The molecule has 5 nitrogen and oxygen atoms in total. The summed E-state index contributed by atoms with van der Waals surface area (Å²) in [6, 6.07) is 4.19. The van der Waals surface area contributed by atoms with Crippen molar-refractivity contribution in [1.29, 1.82) is 10.5 Å². The maximum atomic E-state index is 12.9. The van der Waals surface area contributed by atoms with E-state index >= 15 is 0 Å². The summed E-state index contributed by atoms with van der Waals surface area (Å²) in [5.74, 6) is -0.368. The van der Waals surface area contributed by atoms with Crippen LogP contribution in [0.1, 0.15) is 66.9 Å². The predicted octanol–water partition coefficient (Wildman–Crippen LogP) is 7.83. The first-order valence-electron chi connectivity index (χ1n) is 11.3. The minimum Gasteiger partial charge on any atom is -0.505 e. The van der Waals surface area contributed by atoms with Crippen LogP contribution in [0.2, 0.25) is 0 Å². The van der Waals surface area contributed by atoms with E-state index in [-0.39, 0.29) is 28.5 Å².